The lowest BCUT2D eigenvalue weighted by Gasteiger charge is -2.19. The zero-order chi connectivity index (χ0) is 12.6. The van der Waals surface area contributed by atoms with Gasteiger partial charge >= 0.3 is 0 Å². The van der Waals surface area contributed by atoms with Crippen LogP contribution in [0.5, 0.6) is 0 Å². The van der Waals surface area contributed by atoms with Gasteiger partial charge in [-0.05, 0) is 25.8 Å². The molecule has 4 heteroatoms. The van der Waals surface area contributed by atoms with Crippen molar-refractivity contribution in [2.75, 3.05) is 0 Å². The first kappa shape index (κ1) is 12.0. The first-order valence-corrected chi connectivity index (χ1v) is 6.09. The van der Waals surface area contributed by atoms with Crippen molar-refractivity contribution >= 4 is 11.0 Å². The molecule has 0 amide bonds. The first-order valence-electron chi connectivity index (χ1n) is 6.09. The Hall–Kier alpha value is -1.42. The predicted molar refractivity (Wildman–Crippen MR) is 69.7 cm³/mol. The maximum Gasteiger partial charge on any atom is 0.127 e. The minimum absolute atomic E-state index is 0.0372. The van der Waals surface area contributed by atoms with Crippen molar-refractivity contribution in [3.8, 4) is 0 Å². The van der Waals surface area contributed by atoms with Crippen LogP contribution in [0.3, 0.4) is 0 Å². The van der Waals surface area contributed by atoms with E-state index in [-0.39, 0.29) is 6.04 Å². The largest absolute Gasteiger partial charge is 0.324 e. The third-order valence-electron chi connectivity index (χ3n) is 3.05. The average molecular weight is 232 g/mol. The summed E-state index contributed by atoms with van der Waals surface area (Å²) in [6.45, 7) is 8.54. The molecule has 0 unspecified atom stereocenters. The Morgan fingerprint density at radius 3 is 2.53 bits per heavy atom. The van der Waals surface area contributed by atoms with E-state index < -0.39 is 0 Å². The Kier molecular flexibility index (Phi) is 3.15. The molecule has 0 saturated heterocycles. The standard InChI is InChI=1S/C13H20N4/c1-8(2)12(14)13-16-10-7-15-6-5-11(10)17(13)9(3)4/h5-9,12H,14H2,1-4H3/t12-/m1/s1. The van der Waals surface area contributed by atoms with E-state index in [9.17, 15) is 0 Å². The van der Waals surface area contributed by atoms with Crippen molar-refractivity contribution < 1.29 is 0 Å². The highest BCUT2D eigenvalue weighted by atomic mass is 15.1. The van der Waals surface area contributed by atoms with E-state index in [2.05, 4.69) is 42.2 Å². The van der Waals surface area contributed by atoms with Crippen LogP contribution in [0.4, 0.5) is 0 Å². The number of nitrogens with two attached hydrogens (primary N) is 1. The van der Waals surface area contributed by atoms with E-state index >= 15 is 0 Å². The highest BCUT2D eigenvalue weighted by Crippen LogP contribution is 2.26. The molecule has 2 aromatic heterocycles. The van der Waals surface area contributed by atoms with Gasteiger partial charge in [0.2, 0.25) is 0 Å². The van der Waals surface area contributed by atoms with Crippen molar-refractivity contribution in [1.29, 1.82) is 0 Å². The van der Waals surface area contributed by atoms with Crippen LogP contribution in [0, 0.1) is 5.92 Å². The monoisotopic (exact) mass is 232 g/mol. The normalized spacial score (nSPS) is 13.8. The first-order chi connectivity index (χ1) is 8.02. The van der Waals surface area contributed by atoms with Gasteiger partial charge in [-0.1, -0.05) is 13.8 Å². The van der Waals surface area contributed by atoms with E-state index in [4.69, 9.17) is 5.73 Å². The van der Waals surface area contributed by atoms with E-state index in [1.807, 2.05) is 6.07 Å². The van der Waals surface area contributed by atoms with E-state index in [1.54, 1.807) is 12.4 Å². The summed E-state index contributed by atoms with van der Waals surface area (Å²) in [4.78, 5) is 8.74. The number of nitrogens with zero attached hydrogens (tertiary/aromatic N) is 3. The fourth-order valence-electron chi connectivity index (χ4n) is 2.05. The van der Waals surface area contributed by atoms with Crippen molar-refractivity contribution in [2.45, 2.75) is 39.8 Å². The Morgan fingerprint density at radius 1 is 1.24 bits per heavy atom. The summed E-state index contributed by atoms with van der Waals surface area (Å²) in [5, 5.41) is 0. The molecule has 0 radical (unpaired) electrons. The van der Waals surface area contributed by atoms with Crippen LogP contribution >= 0.6 is 0 Å². The summed E-state index contributed by atoms with van der Waals surface area (Å²) in [7, 11) is 0. The minimum atomic E-state index is -0.0372. The number of fused-ring (bicyclic) bond motifs is 1. The van der Waals surface area contributed by atoms with Crippen LogP contribution in [-0.2, 0) is 0 Å². The van der Waals surface area contributed by atoms with Crippen LogP contribution in [0.15, 0.2) is 18.5 Å². The van der Waals surface area contributed by atoms with Gasteiger partial charge in [-0.25, -0.2) is 4.98 Å². The third kappa shape index (κ3) is 2.05. The molecule has 0 aliphatic carbocycles. The molecule has 0 fully saturated rings. The molecular formula is C13H20N4. The van der Waals surface area contributed by atoms with Crippen molar-refractivity contribution in [3.63, 3.8) is 0 Å². The van der Waals surface area contributed by atoms with E-state index in [0.717, 1.165) is 16.9 Å². The van der Waals surface area contributed by atoms with Gasteiger partial charge in [0.1, 0.15) is 11.3 Å². The maximum absolute atomic E-state index is 6.24. The van der Waals surface area contributed by atoms with Gasteiger partial charge in [-0.15, -0.1) is 0 Å². The average Bonchev–Trinajstić information content (AvgIpc) is 2.66. The Balaban J connectivity index is 2.66. The number of imidazole rings is 1. The van der Waals surface area contributed by atoms with Gasteiger partial charge in [-0.2, -0.15) is 0 Å². The molecule has 0 aliphatic rings. The lowest BCUT2D eigenvalue weighted by atomic mass is 10.0. The van der Waals surface area contributed by atoms with Crippen LogP contribution in [0.2, 0.25) is 0 Å². The minimum Gasteiger partial charge on any atom is -0.324 e. The lowest BCUT2D eigenvalue weighted by Crippen LogP contribution is -2.22. The van der Waals surface area contributed by atoms with Gasteiger partial charge in [0.15, 0.2) is 0 Å². The van der Waals surface area contributed by atoms with Crippen LogP contribution in [0.25, 0.3) is 11.0 Å². The molecule has 2 heterocycles. The summed E-state index contributed by atoms with van der Waals surface area (Å²) in [6.07, 6.45) is 3.60. The van der Waals surface area contributed by atoms with Crippen LogP contribution in [0.1, 0.15) is 45.6 Å². The van der Waals surface area contributed by atoms with Crippen LogP contribution in [-0.4, -0.2) is 14.5 Å². The van der Waals surface area contributed by atoms with Crippen molar-refractivity contribution in [3.05, 3.63) is 24.3 Å². The quantitative estimate of drug-likeness (QED) is 0.885. The fourth-order valence-corrected chi connectivity index (χ4v) is 2.05. The smallest absolute Gasteiger partial charge is 0.127 e. The molecule has 0 spiro atoms. The fraction of sp³-hybridized carbons (Fsp3) is 0.538. The second-order valence-corrected chi connectivity index (χ2v) is 5.07. The summed E-state index contributed by atoms with van der Waals surface area (Å²) >= 11 is 0. The molecule has 0 aromatic carbocycles. The number of hydrogen-bond acceptors (Lipinski definition) is 3. The second-order valence-electron chi connectivity index (χ2n) is 5.07. The van der Waals surface area contributed by atoms with E-state index in [0.29, 0.717) is 12.0 Å². The van der Waals surface area contributed by atoms with Gasteiger partial charge in [-0.3, -0.25) is 4.98 Å². The number of hydrogen-bond donors (Lipinski definition) is 1. The maximum atomic E-state index is 6.24. The van der Waals surface area contributed by atoms with Crippen molar-refractivity contribution in [1.82, 2.24) is 14.5 Å². The number of aromatic nitrogens is 3. The highest BCUT2D eigenvalue weighted by molar-refractivity contribution is 5.75. The highest BCUT2D eigenvalue weighted by Gasteiger charge is 2.20. The topological polar surface area (TPSA) is 56.7 Å². The van der Waals surface area contributed by atoms with Crippen molar-refractivity contribution in [2.24, 2.45) is 11.7 Å². The van der Waals surface area contributed by atoms with Crippen LogP contribution < -0.4 is 5.73 Å². The molecule has 2 N–H and O–H groups in total. The molecular weight excluding hydrogens is 212 g/mol. The second kappa shape index (κ2) is 4.45. The molecule has 2 rings (SSSR count). The summed E-state index contributed by atoms with van der Waals surface area (Å²) in [5.74, 6) is 1.33. The number of pyridine rings is 1. The van der Waals surface area contributed by atoms with Gasteiger partial charge < -0.3 is 10.3 Å². The lowest BCUT2D eigenvalue weighted by molar-refractivity contribution is 0.453. The SMILES string of the molecule is CC(C)[C@@H](N)c1nc2cnccc2n1C(C)C. The Bertz CT molecular complexity index is 513. The molecule has 0 saturated carbocycles. The molecule has 1 atom stereocenters. The summed E-state index contributed by atoms with van der Waals surface area (Å²) < 4.78 is 2.21. The Labute approximate surface area is 102 Å². The molecule has 92 valence electrons. The molecule has 0 bridgehead atoms. The molecule has 17 heavy (non-hydrogen) atoms. The van der Waals surface area contributed by atoms with Gasteiger partial charge in [0.25, 0.3) is 0 Å². The molecule has 4 nitrogen and oxygen atoms in total. The predicted octanol–water partition coefficient (Wildman–Crippen LogP) is 2.67. The molecule has 0 aliphatic heterocycles. The Morgan fingerprint density at radius 2 is 1.94 bits per heavy atom. The summed E-state index contributed by atoms with van der Waals surface area (Å²) in [6, 6.07) is 2.31. The summed E-state index contributed by atoms with van der Waals surface area (Å²) in [5.41, 5.74) is 8.27. The third-order valence-corrected chi connectivity index (χ3v) is 3.05. The van der Waals surface area contributed by atoms with Gasteiger partial charge in [0.05, 0.1) is 17.8 Å². The number of rotatable bonds is 3. The zero-order valence-electron chi connectivity index (χ0n) is 10.9. The zero-order valence-corrected chi connectivity index (χ0v) is 10.9. The van der Waals surface area contributed by atoms with E-state index in [1.165, 1.54) is 0 Å². The van der Waals surface area contributed by atoms with Gasteiger partial charge in [0, 0.05) is 12.2 Å². The molecule has 2 aromatic rings.